The van der Waals surface area contributed by atoms with Crippen molar-refractivity contribution in [3.8, 4) is 17.6 Å². The molecule has 5 rings (SSSR count). The molecule has 3 aliphatic carbocycles. The first-order valence-corrected chi connectivity index (χ1v) is 13.1. The number of phenols is 1. The molecule has 0 heterocycles. The number of primary amides is 1. The molecule has 212 valence electrons. The number of anilines is 1. The third kappa shape index (κ3) is 4.08. The van der Waals surface area contributed by atoms with E-state index in [0.717, 1.165) is 0 Å². The normalized spacial score (nSPS) is 25.3. The Balaban J connectivity index is 1.73. The first-order valence-electron chi connectivity index (χ1n) is 13.1. The van der Waals surface area contributed by atoms with Gasteiger partial charge >= 0.3 is 0 Å². The van der Waals surface area contributed by atoms with Crippen molar-refractivity contribution in [2.75, 3.05) is 33.1 Å². The number of benzene rings is 2. The van der Waals surface area contributed by atoms with E-state index in [2.05, 4.69) is 11.8 Å². The molecule has 0 aromatic heterocycles. The van der Waals surface area contributed by atoms with Crippen LogP contribution in [0.2, 0.25) is 0 Å². The Morgan fingerprint density at radius 1 is 1.05 bits per heavy atom. The second-order valence-electron chi connectivity index (χ2n) is 11.1. The number of fused-ring (bicyclic) bond motifs is 3. The van der Waals surface area contributed by atoms with Crippen molar-refractivity contribution in [3.05, 3.63) is 75.6 Å². The predicted octanol–water partition coefficient (Wildman–Crippen LogP) is 1.43. The van der Waals surface area contributed by atoms with Crippen LogP contribution in [0.25, 0.3) is 5.76 Å². The summed E-state index contributed by atoms with van der Waals surface area (Å²) >= 11 is 0. The van der Waals surface area contributed by atoms with E-state index in [9.17, 15) is 34.8 Å². The van der Waals surface area contributed by atoms with Crippen LogP contribution in [0.1, 0.15) is 28.7 Å². The molecular formula is C31H31N3O7. The van der Waals surface area contributed by atoms with E-state index in [1.807, 2.05) is 35.2 Å². The summed E-state index contributed by atoms with van der Waals surface area (Å²) in [5.41, 5.74) is 3.82. The quantitative estimate of drug-likeness (QED) is 0.277. The van der Waals surface area contributed by atoms with Crippen molar-refractivity contribution in [3.63, 3.8) is 0 Å². The van der Waals surface area contributed by atoms with E-state index in [1.165, 1.54) is 4.90 Å². The number of likely N-dealkylation sites (N-methyl/N-ethyl adjacent to an activating group) is 1. The third-order valence-electron chi connectivity index (χ3n) is 8.29. The van der Waals surface area contributed by atoms with Crippen molar-refractivity contribution in [2.45, 2.75) is 24.5 Å². The molecule has 41 heavy (non-hydrogen) atoms. The monoisotopic (exact) mass is 557 g/mol. The van der Waals surface area contributed by atoms with Gasteiger partial charge in [0.05, 0.1) is 17.2 Å². The number of Topliss-reactive ketones (excluding diaryl/α,β-unsaturated/α-hetero) is 2. The lowest BCUT2D eigenvalue weighted by molar-refractivity contribution is -0.153. The maximum atomic E-state index is 14.1. The first kappa shape index (κ1) is 28.0. The van der Waals surface area contributed by atoms with E-state index in [4.69, 9.17) is 5.73 Å². The number of nitrogens with zero attached hydrogens (tertiary/aromatic N) is 2. The number of nitrogens with two attached hydrogens (primary N) is 1. The highest BCUT2D eigenvalue weighted by Crippen LogP contribution is 2.54. The lowest BCUT2D eigenvalue weighted by atomic mass is 9.57. The Bertz CT molecular complexity index is 1630. The molecule has 10 nitrogen and oxygen atoms in total. The first-order chi connectivity index (χ1) is 19.3. The fourth-order valence-corrected chi connectivity index (χ4v) is 6.45. The molecule has 0 aliphatic heterocycles. The second kappa shape index (κ2) is 9.80. The number of carbonyl (C=O) groups is 3. The Hall–Kier alpha value is -4.59. The zero-order chi connectivity index (χ0) is 30.0. The number of aromatic hydroxyl groups is 1. The summed E-state index contributed by atoms with van der Waals surface area (Å²) in [6, 6.07) is 9.72. The highest BCUT2D eigenvalue weighted by molar-refractivity contribution is 6.24. The minimum Gasteiger partial charge on any atom is -0.508 e. The molecule has 0 bridgehead atoms. The number of hydrogen-bond acceptors (Lipinski definition) is 9. The molecular weight excluding hydrogens is 526 g/mol. The van der Waals surface area contributed by atoms with Gasteiger partial charge in [0.15, 0.2) is 11.4 Å². The van der Waals surface area contributed by atoms with E-state index in [-0.39, 0.29) is 35.3 Å². The topological polar surface area (TPSA) is 165 Å². The Morgan fingerprint density at radius 3 is 2.29 bits per heavy atom. The van der Waals surface area contributed by atoms with Gasteiger partial charge in [-0.3, -0.25) is 19.3 Å². The minimum absolute atomic E-state index is 0.00449. The van der Waals surface area contributed by atoms with Gasteiger partial charge in [0.25, 0.3) is 5.91 Å². The van der Waals surface area contributed by atoms with Gasteiger partial charge in [-0.05, 0) is 56.6 Å². The molecule has 0 radical (unpaired) electrons. The molecule has 10 heteroatoms. The number of amides is 1. The number of rotatable bonds is 3. The molecule has 3 aliphatic rings. The summed E-state index contributed by atoms with van der Waals surface area (Å²) in [5.74, 6) is -0.970. The van der Waals surface area contributed by atoms with Crippen LogP contribution >= 0.6 is 0 Å². The smallest absolute Gasteiger partial charge is 0.255 e. The summed E-state index contributed by atoms with van der Waals surface area (Å²) in [4.78, 5) is 42.7. The van der Waals surface area contributed by atoms with Gasteiger partial charge in [-0.2, -0.15) is 0 Å². The highest BCUT2D eigenvalue weighted by Gasteiger charge is 2.64. The Labute approximate surface area is 237 Å². The third-order valence-corrected chi connectivity index (χ3v) is 8.29. The average molecular weight is 558 g/mol. The molecule has 6 N–H and O–H groups in total. The van der Waals surface area contributed by atoms with E-state index < -0.39 is 58.0 Å². The van der Waals surface area contributed by atoms with Crippen molar-refractivity contribution in [2.24, 2.45) is 17.6 Å². The number of aliphatic hydroxyl groups excluding tert-OH is 2. The average Bonchev–Trinajstić information content (AvgIpc) is 2.90. The van der Waals surface area contributed by atoms with E-state index >= 15 is 0 Å². The van der Waals surface area contributed by atoms with Crippen LogP contribution in [0.4, 0.5) is 5.69 Å². The molecule has 2 aromatic carbocycles. The standard InChI is InChI=1S/C31H31N3O7/c1-33(2)20-14-16(11-10-15-8-6-5-7-9-15)25(35)22-18(20)12-17-13-19-24(34(3)4)27(37)23(30(32)40)29(39)31(19,41)28(38)21(17)26(22)36/h5-9,14,17,19,24,35-36,39,41H,12-13H2,1-4H3,(H2,32,40)/t17-,19-,24-,31+/m1/s1. The molecule has 2 aromatic rings. The van der Waals surface area contributed by atoms with Crippen molar-refractivity contribution in [1.29, 1.82) is 0 Å². The zero-order valence-corrected chi connectivity index (χ0v) is 23.1. The minimum atomic E-state index is -2.69. The largest absolute Gasteiger partial charge is 0.508 e. The summed E-state index contributed by atoms with van der Waals surface area (Å²) in [6.45, 7) is 0. The highest BCUT2D eigenvalue weighted by atomic mass is 16.3. The maximum absolute atomic E-state index is 14.1. The van der Waals surface area contributed by atoms with Crippen LogP contribution in [0.15, 0.2) is 53.3 Å². The molecule has 1 fully saturated rings. The van der Waals surface area contributed by atoms with Gasteiger partial charge in [-0.25, -0.2) is 0 Å². The number of hydrogen-bond donors (Lipinski definition) is 5. The lowest BCUT2D eigenvalue weighted by Crippen LogP contribution is -2.65. The van der Waals surface area contributed by atoms with Crippen LogP contribution in [0, 0.1) is 23.7 Å². The van der Waals surface area contributed by atoms with Crippen molar-refractivity contribution < 1.29 is 34.8 Å². The molecule has 1 amide bonds. The molecule has 0 saturated heterocycles. The molecule has 0 unspecified atom stereocenters. The van der Waals surface area contributed by atoms with E-state index in [0.29, 0.717) is 16.8 Å². The number of aliphatic hydroxyl groups is 3. The lowest BCUT2D eigenvalue weighted by Gasteiger charge is -2.50. The number of phenolic OH excluding ortho intramolecular Hbond substituents is 1. The Morgan fingerprint density at radius 2 is 1.71 bits per heavy atom. The van der Waals surface area contributed by atoms with Gasteiger partial charge in [-0.1, -0.05) is 30.0 Å². The van der Waals surface area contributed by atoms with E-state index in [1.54, 1.807) is 34.3 Å². The number of ketones is 2. The fraction of sp³-hybridized carbons (Fsp3) is 0.323. The summed E-state index contributed by atoms with van der Waals surface area (Å²) in [5, 5.41) is 45.7. The van der Waals surface area contributed by atoms with Crippen molar-refractivity contribution in [1.82, 2.24) is 4.90 Å². The summed E-state index contributed by atoms with van der Waals surface area (Å²) in [7, 11) is 6.73. The summed E-state index contributed by atoms with van der Waals surface area (Å²) in [6.07, 6.45) is 0.219. The van der Waals surface area contributed by atoms with Crippen LogP contribution in [-0.4, -0.2) is 82.6 Å². The Kier molecular flexibility index (Phi) is 6.68. The fourth-order valence-electron chi connectivity index (χ4n) is 6.45. The molecule has 0 spiro atoms. The molecule has 4 atom stereocenters. The van der Waals surface area contributed by atoms with Gasteiger partial charge in [0.1, 0.15) is 22.8 Å². The summed E-state index contributed by atoms with van der Waals surface area (Å²) < 4.78 is 0. The second-order valence-corrected chi connectivity index (χ2v) is 11.1. The maximum Gasteiger partial charge on any atom is 0.255 e. The number of carbonyl (C=O) groups excluding carboxylic acids is 3. The molecule has 1 saturated carbocycles. The zero-order valence-electron chi connectivity index (χ0n) is 23.1. The van der Waals surface area contributed by atoms with Crippen molar-refractivity contribution >= 4 is 28.9 Å². The van der Waals surface area contributed by atoms with Gasteiger partial charge < -0.3 is 31.1 Å². The van der Waals surface area contributed by atoms with Crippen LogP contribution in [-0.2, 0) is 20.8 Å². The predicted molar refractivity (Wildman–Crippen MR) is 151 cm³/mol. The van der Waals surface area contributed by atoms with Crippen LogP contribution < -0.4 is 10.6 Å². The van der Waals surface area contributed by atoms with Crippen LogP contribution in [0.5, 0.6) is 5.75 Å². The van der Waals surface area contributed by atoms with Gasteiger partial charge in [0, 0.05) is 36.8 Å². The van der Waals surface area contributed by atoms with Gasteiger partial charge in [-0.15, -0.1) is 0 Å². The van der Waals surface area contributed by atoms with Gasteiger partial charge in [0.2, 0.25) is 5.78 Å². The van der Waals surface area contributed by atoms with Crippen LogP contribution in [0.3, 0.4) is 0 Å². The SMILES string of the molecule is CN(C)c1cc(C#Cc2ccccc2)c(O)c2c1C[C@@H]1C[C@@H]3[C@@H](N(C)C)C(=O)C(C(N)=O)=C(O)[C@@]3(O)C(=O)C1=C2O.